The summed E-state index contributed by atoms with van der Waals surface area (Å²) in [6, 6.07) is 9.11. The predicted octanol–water partition coefficient (Wildman–Crippen LogP) is 3.01. The molecular formula is C17H24N2O3S. The number of hydrogen-bond donors (Lipinski definition) is 1. The van der Waals surface area contributed by atoms with Gasteiger partial charge in [0.1, 0.15) is 5.75 Å². The third-order valence-corrected chi connectivity index (χ3v) is 5.70. The quantitative estimate of drug-likeness (QED) is 0.866. The average Bonchev–Trinajstić information content (AvgIpc) is 3.23. The zero-order valence-corrected chi connectivity index (χ0v) is 14.9. The summed E-state index contributed by atoms with van der Waals surface area (Å²) in [4.78, 5) is 0. The maximum atomic E-state index is 12.6. The molecule has 0 radical (unpaired) electrons. The third kappa shape index (κ3) is 4.24. The SMILES string of the molecule is COc1ccccc1[C@H](NS(=O)(=O)CC1(C#N)CC1)C(C)(C)C. The molecule has 1 fully saturated rings. The van der Waals surface area contributed by atoms with Gasteiger partial charge in [-0.1, -0.05) is 39.0 Å². The van der Waals surface area contributed by atoms with Gasteiger partial charge >= 0.3 is 0 Å². The molecule has 23 heavy (non-hydrogen) atoms. The monoisotopic (exact) mass is 336 g/mol. The van der Waals surface area contributed by atoms with E-state index in [9.17, 15) is 8.42 Å². The summed E-state index contributed by atoms with van der Waals surface area (Å²) in [5, 5.41) is 9.15. The first kappa shape index (κ1) is 17.8. The number of nitrogens with zero attached hydrogens (tertiary/aromatic N) is 1. The summed E-state index contributed by atoms with van der Waals surface area (Å²) in [5.74, 6) is 0.509. The molecule has 1 aliphatic carbocycles. The second-order valence-electron chi connectivity index (χ2n) is 7.31. The van der Waals surface area contributed by atoms with E-state index < -0.39 is 21.5 Å². The number of para-hydroxylation sites is 1. The molecule has 1 aromatic rings. The summed E-state index contributed by atoms with van der Waals surface area (Å²) in [7, 11) is -2.00. The van der Waals surface area contributed by atoms with E-state index in [1.165, 1.54) is 0 Å². The number of nitrogens with one attached hydrogen (secondary N) is 1. The lowest BCUT2D eigenvalue weighted by atomic mass is 9.83. The fourth-order valence-electron chi connectivity index (χ4n) is 2.64. The zero-order chi connectivity index (χ0) is 17.3. The number of rotatable bonds is 6. The van der Waals surface area contributed by atoms with Crippen molar-refractivity contribution in [2.75, 3.05) is 12.9 Å². The number of ether oxygens (including phenoxy) is 1. The van der Waals surface area contributed by atoms with Gasteiger partial charge in [0, 0.05) is 5.56 Å². The first-order chi connectivity index (χ1) is 10.6. The molecule has 1 aliphatic rings. The summed E-state index contributed by atoms with van der Waals surface area (Å²) in [5.41, 5.74) is -0.243. The van der Waals surface area contributed by atoms with Crippen molar-refractivity contribution < 1.29 is 13.2 Å². The van der Waals surface area contributed by atoms with E-state index in [0.717, 1.165) is 5.56 Å². The summed E-state index contributed by atoms with van der Waals surface area (Å²) >= 11 is 0. The maximum Gasteiger partial charge on any atom is 0.213 e. The number of sulfonamides is 1. The summed E-state index contributed by atoms with van der Waals surface area (Å²) in [6.45, 7) is 5.93. The summed E-state index contributed by atoms with van der Waals surface area (Å²) < 4.78 is 33.3. The molecule has 0 unspecified atom stereocenters. The van der Waals surface area contributed by atoms with E-state index in [1.54, 1.807) is 7.11 Å². The Kier molecular flexibility index (Phi) is 4.74. The topological polar surface area (TPSA) is 79.2 Å². The lowest BCUT2D eigenvalue weighted by molar-refractivity contribution is 0.293. The van der Waals surface area contributed by atoms with Gasteiger partial charge in [0.2, 0.25) is 10.0 Å². The Morgan fingerprint density at radius 1 is 1.35 bits per heavy atom. The Morgan fingerprint density at radius 2 is 1.96 bits per heavy atom. The molecular weight excluding hydrogens is 312 g/mol. The fraction of sp³-hybridized carbons (Fsp3) is 0.588. The first-order valence-electron chi connectivity index (χ1n) is 7.67. The highest BCUT2D eigenvalue weighted by molar-refractivity contribution is 7.89. The summed E-state index contributed by atoms with van der Waals surface area (Å²) in [6.07, 6.45) is 1.30. The Balaban J connectivity index is 2.32. The molecule has 0 spiro atoms. The minimum absolute atomic E-state index is 0.141. The number of hydrogen-bond acceptors (Lipinski definition) is 4. The van der Waals surface area contributed by atoms with E-state index in [-0.39, 0.29) is 11.2 Å². The molecule has 0 heterocycles. The molecule has 6 heteroatoms. The minimum atomic E-state index is -3.57. The van der Waals surface area contributed by atoms with Crippen molar-refractivity contribution in [1.82, 2.24) is 4.72 Å². The zero-order valence-electron chi connectivity index (χ0n) is 14.1. The van der Waals surface area contributed by atoms with Crippen LogP contribution < -0.4 is 9.46 Å². The van der Waals surface area contributed by atoms with Crippen LogP contribution in [0.2, 0.25) is 0 Å². The van der Waals surface area contributed by atoms with Gasteiger partial charge in [0.15, 0.2) is 0 Å². The van der Waals surface area contributed by atoms with Crippen LogP contribution in [-0.4, -0.2) is 21.3 Å². The number of nitriles is 1. The molecule has 1 aromatic carbocycles. The average molecular weight is 336 g/mol. The second kappa shape index (κ2) is 6.14. The van der Waals surface area contributed by atoms with Gasteiger partial charge in [-0.3, -0.25) is 0 Å². The Labute approximate surface area is 138 Å². The van der Waals surface area contributed by atoms with Crippen molar-refractivity contribution >= 4 is 10.0 Å². The molecule has 5 nitrogen and oxygen atoms in total. The van der Waals surface area contributed by atoms with E-state index in [2.05, 4.69) is 10.8 Å². The Morgan fingerprint density at radius 3 is 2.43 bits per heavy atom. The number of benzene rings is 1. The van der Waals surface area contributed by atoms with Crippen molar-refractivity contribution in [3.8, 4) is 11.8 Å². The van der Waals surface area contributed by atoms with Crippen LogP contribution in [0, 0.1) is 22.2 Å². The highest BCUT2D eigenvalue weighted by Gasteiger charge is 2.47. The van der Waals surface area contributed by atoms with Crippen LogP contribution in [0.4, 0.5) is 0 Å². The van der Waals surface area contributed by atoms with Crippen LogP contribution >= 0.6 is 0 Å². The smallest absolute Gasteiger partial charge is 0.213 e. The van der Waals surface area contributed by atoms with Crippen LogP contribution in [0.15, 0.2) is 24.3 Å². The molecule has 126 valence electrons. The lowest BCUT2D eigenvalue weighted by Crippen LogP contribution is -2.39. The second-order valence-corrected chi connectivity index (χ2v) is 9.06. The highest BCUT2D eigenvalue weighted by Crippen LogP contribution is 2.46. The predicted molar refractivity (Wildman–Crippen MR) is 89.4 cm³/mol. The van der Waals surface area contributed by atoms with Crippen molar-refractivity contribution in [3.05, 3.63) is 29.8 Å². The highest BCUT2D eigenvalue weighted by atomic mass is 32.2. The molecule has 0 amide bonds. The van der Waals surface area contributed by atoms with Crippen LogP contribution in [0.25, 0.3) is 0 Å². The first-order valence-corrected chi connectivity index (χ1v) is 9.32. The molecule has 0 aromatic heterocycles. The standard InChI is InChI=1S/C17H24N2O3S/c1-16(2,3)15(13-7-5-6-8-14(13)22-4)19-23(20,21)12-17(11-18)9-10-17/h5-8,15,19H,9-10,12H2,1-4H3/t15-/m0/s1. The van der Waals surface area contributed by atoms with Gasteiger partial charge in [-0.25, -0.2) is 13.1 Å². The van der Waals surface area contributed by atoms with Gasteiger partial charge < -0.3 is 4.74 Å². The van der Waals surface area contributed by atoms with E-state index in [4.69, 9.17) is 10.00 Å². The van der Waals surface area contributed by atoms with Crippen molar-refractivity contribution in [2.24, 2.45) is 10.8 Å². The molecule has 1 atom stereocenters. The van der Waals surface area contributed by atoms with Crippen LogP contribution in [0.3, 0.4) is 0 Å². The molecule has 0 bridgehead atoms. The van der Waals surface area contributed by atoms with Crippen LogP contribution in [0.5, 0.6) is 5.75 Å². The number of methoxy groups -OCH3 is 1. The van der Waals surface area contributed by atoms with Crippen molar-refractivity contribution in [3.63, 3.8) is 0 Å². The van der Waals surface area contributed by atoms with E-state index >= 15 is 0 Å². The van der Waals surface area contributed by atoms with Crippen molar-refractivity contribution in [2.45, 2.75) is 39.7 Å². The normalized spacial score (nSPS) is 18.0. The maximum absolute atomic E-state index is 12.6. The fourth-order valence-corrected chi connectivity index (χ4v) is 4.64. The van der Waals surface area contributed by atoms with E-state index in [1.807, 2.05) is 45.0 Å². The third-order valence-electron chi connectivity index (χ3n) is 4.17. The van der Waals surface area contributed by atoms with Gasteiger partial charge in [0.25, 0.3) is 0 Å². The van der Waals surface area contributed by atoms with Gasteiger partial charge in [-0.2, -0.15) is 5.26 Å². The molecule has 2 rings (SSSR count). The molecule has 1 N–H and O–H groups in total. The largest absolute Gasteiger partial charge is 0.496 e. The van der Waals surface area contributed by atoms with E-state index in [0.29, 0.717) is 18.6 Å². The Hall–Kier alpha value is -1.58. The Bertz CT molecular complexity index is 710. The molecule has 0 saturated heterocycles. The van der Waals surface area contributed by atoms with Gasteiger partial charge in [-0.15, -0.1) is 0 Å². The molecule has 0 aliphatic heterocycles. The minimum Gasteiger partial charge on any atom is -0.496 e. The lowest BCUT2D eigenvalue weighted by Gasteiger charge is -2.32. The molecule has 1 saturated carbocycles. The van der Waals surface area contributed by atoms with Crippen molar-refractivity contribution in [1.29, 1.82) is 5.26 Å². The van der Waals surface area contributed by atoms with Crippen LogP contribution in [0.1, 0.15) is 45.2 Å². The van der Waals surface area contributed by atoms with Crippen LogP contribution in [-0.2, 0) is 10.0 Å². The van der Waals surface area contributed by atoms with Gasteiger partial charge in [0.05, 0.1) is 30.4 Å². The van der Waals surface area contributed by atoms with Gasteiger partial charge in [-0.05, 0) is 24.3 Å².